The monoisotopic (exact) mass is 412 g/mol. The number of nitrogens with one attached hydrogen (secondary N) is 2. The highest BCUT2D eigenvalue weighted by Gasteiger charge is 2.11. The van der Waals surface area contributed by atoms with Gasteiger partial charge in [-0.1, -0.05) is 33.6 Å². The van der Waals surface area contributed by atoms with E-state index in [0.29, 0.717) is 16.8 Å². The number of hydrazone groups is 1. The van der Waals surface area contributed by atoms with Crippen molar-refractivity contribution in [1.82, 2.24) is 15.2 Å². The first-order chi connectivity index (χ1) is 12.5. The lowest BCUT2D eigenvalue weighted by atomic mass is 10.2. The van der Waals surface area contributed by atoms with Gasteiger partial charge in [-0.05, 0) is 50.2 Å². The van der Waals surface area contributed by atoms with Crippen LogP contribution in [0.1, 0.15) is 27.2 Å². The van der Waals surface area contributed by atoms with Crippen LogP contribution in [-0.4, -0.2) is 21.9 Å². The Morgan fingerprint density at radius 2 is 1.77 bits per heavy atom. The molecule has 0 bridgehead atoms. The Bertz CT molecular complexity index is 1020. The van der Waals surface area contributed by atoms with Crippen LogP contribution in [0.5, 0.6) is 0 Å². The first-order valence-corrected chi connectivity index (χ1v) is 8.72. The minimum Gasteiger partial charge on any atom is -0.295 e. The fourth-order valence-electron chi connectivity index (χ4n) is 2.41. The standard InChI is InChI=1S/C19H17BrN4O2/c1-12-3-9-16(10-4-12)24-19(26)17(13(2)23-24)11-21-22-18(25)14-5-7-15(20)8-6-14/h3-11,23H,1-2H3,(H,22,25)/b21-11+. The van der Waals surface area contributed by atoms with Gasteiger partial charge in [0.05, 0.1) is 17.5 Å². The predicted molar refractivity (Wildman–Crippen MR) is 105 cm³/mol. The fourth-order valence-corrected chi connectivity index (χ4v) is 2.67. The maximum Gasteiger partial charge on any atom is 0.280 e. The van der Waals surface area contributed by atoms with Crippen molar-refractivity contribution in [2.75, 3.05) is 0 Å². The zero-order valence-corrected chi connectivity index (χ0v) is 15.9. The zero-order valence-electron chi connectivity index (χ0n) is 14.3. The van der Waals surface area contributed by atoms with Gasteiger partial charge in [0.15, 0.2) is 0 Å². The molecule has 6 nitrogen and oxygen atoms in total. The van der Waals surface area contributed by atoms with Gasteiger partial charge in [-0.3, -0.25) is 14.7 Å². The van der Waals surface area contributed by atoms with E-state index in [1.165, 1.54) is 10.9 Å². The summed E-state index contributed by atoms with van der Waals surface area (Å²) in [6.07, 6.45) is 1.36. The van der Waals surface area contributed by atoms with E-state index < -0.39 is 0 Å². The number of hydrogen-bond acceptors (Lipinski definition) is 3. The highest BCUT2D eigenvalue weighted by Crippen LogP contribution is 2.10. The van der Waals surface area contributed by atoms with Gasteiger partial charge in [-0.2, -0.15) is 5.10 Å². The molecule has 0 radical (unpaired) electrons. The molecule has 1 amide bonds. The average molecular weight is 413 g/mol. The Labute approximate surface area is 158 Å². The van der Waals surface area contributed by atoms with Crippen LogP contribution in [-0.2, 0) is 0 Å². The molecule has 3 rings (SSSR count). The first kappa shape index (κ1) is 17.9. The number of nitrogens with zero attached hydrogens (tertiary/aromatic N) is 2. The van der Waals surface area contributed by atoms with Crippen LogP contribution in [0, 0.1) is 13.8 Å². The van der Waals surface area contributed by atoms with E-state index in [1.807, 2.05) is 31.2 Å². The van der Waals surface area contributed by atoms with Crippen molar-refractivity contribution in [3.8, 4) is 5.69 Å². The van der Waals surface area contributed by atoms with Crippen molar-refractivity contribution in [3.05, 3.63) is 85.7 Å². The van der Waals surface area contributed by atoms with Crippen LogP contribution in [0.2, 0.25) is 0 Å². The van der Waals surface area contributed by atoms with Crippen LogP contribution < -0.4 is 11.0 Å². The van der Waals surface area contributed by atoms with Gasteiger partial charge < -0.3 is 0 Å². The Morgan fingerprint density at radius 3 is 2.42 bits per heavy atom. The summed E-state index contributed by atoms with van der Waals surface area (Å²) in [7, 11) is 0. The molecular formula is C19H17BrN4O2. The Morgan fingerprint density at radius 1 is 1.12 bits per heavy atom. The number of H-pyrrole nitrogens is 1. The number of benzene rings is 2. The van der Waals surface area contributed by atoms with Crippen LogP contribution in [0.25, 0.3) is 5.69 Å². The predicted octanol–water partition coefficient (Wildman–Crippen LogP) is 3.31. The largest absolute Gasteiger partial charge is 0.295 e. The molecule has 0 aliphatic heterocycles. The van der Waals surface area contributed by atoms with Gasteiger partial charge in [-0.15, -0.1) is 0 Å². The number of halogens is 1. The molecule has 0 saturated carbocycles. The smallest absolute Gasteiger partial charge is 0.280 e. The zero-order chi connectivity index (χ0) is 18.7. The Balaban J connectivity index is 1.78. The second-order valence-electron chi connectivity index (χ2n) is 5.83. The molecule has 0 atom stereocenters. The van der Waals surface area contributed by atoms with E-state index in [-0.39, 0.29) is 11.5 Å². The lowest BCUT2D eigenvalue weighted by Crippen LogP contribution is -2.20. The van der Waals surface area contributed by atoms with Gasteiger partial charge >= 0.3 is 0 Å². The third-order valence-electron chi connectivity index (χ3n) is 3.88. The summed E-state index contributed by atoms with van der Waals surface area (Å²) in [4.78, 5) is 24.6. The van der Waals surface area contributed by atoms with Gasteiger partial charge in [-0.25, -0.2) is 10.1 Å². The highest BCUT2D eigenvalue weighted by atomic mass is 79.9. The summed E-state index contributed by atoms with van der Waals surface area (Å²) in [5.41, 5.74) is 5.59. The molecule has 0 aliphatic carbocycles. The summed E-state index contributed by atoms with van der Waals surface area (Å²) in [6.45, 7) is 3.77. The third-order valence-corrected chi connectivity index (χ3v) is 4.40. The second kappa shape index (κ2) is 7.53. The molecule has 0 saturated heterocycles. The average Bonchev–Trinajstić information content (AvgIpc) is 2.91. The minimum atomic E-state index is -0.346. The number of aromatic nitrogens is 2. The van der Waals surface area contributed by atoms with Crippen molar-refractivity contribution in [1.29, 1.82) is 0 Å². The topological polar surface area (TPSA) is 79.2 Å². The molecule has 7 heteroatoms. The third kappa shape index (κ3) is 3.83. The lowest BCUT2D eigenvalue weighted by molar-refractivity contribution is 0.0955. The molecule has 0 unspecified atom stereocenters. The quantitative estimate of drug-likeness (QED) is 0.509. The van der Waals surface area contributed by atoms with Crippen molar-refractivity contribution < 1.29 is 4.79 Å². The molecule has 3 aromatic rings. The molecule has 2 aromatic carbocycles. The normalized spacial score (nSPS) is 11.0. The van der Waals surface area contributed by atoms with Gasteiger partial charge in [0.1, 0.15) is 0 Å². The van der Waals surface area contributed by atoms with Gasteiger partial charge in [0.25, 0.3) is 11.5 Å². The van der Waals surface area contributed by atoms with E-state index >= 15 is 0 Å². The van der Waals surface area contributed by atoms with Crippen molar-refractivity contribution >= 4 is 28.1 Å². The SMILES string of the molecule is Cc1ccc(-n2[nH]c(C)c(/C=N/NC(=O)c3ccc(Br)cc3)c2=O)cc1. The number of carbonyl (C=O) groups is 1. The van der Waals surface area contributed by atoms with Crippen LogP contribution in [0.3, 0.4) is 0 Å². The van der Waals surface area contributed by atoms with E-state index in [2.05, 4.69) is 31.6 Å². The summed E-state index contributed by atoms with van der Waals surface area (Å²) >= 11 is 3.32. The maximum absolute atomic E-state index is 12.6. The number of aromatic amines is 1. The van der Waals surface area contributed by atoms with E-state index in [9.17, 15) is 9.59 Å². The number of hydrogen-bond donors (Lipinski definition) is 2. The molecule has 2 N–H and O–H groups in total. The van der Waals surface area contributed by atoms with Crippen LogP contribution in [0.4, 0.5) is 0 Å². The van der Waals surface area contributed by atoms with Gasteiger partial charge in [0, 0.05) is 15.7 Å². The van der Waals surface area contributed by atoms with E-state index in [4.69, 9.17) is 0 Å². The summed E-state index contributed by atoms with van der Waals surface area (Å²) in [5, 5.41) is 6.93. The van der Waals surface area contributed by atoms with Crippen molar-refractivity contribution in [2.24, 2.45) is 5.10 Å². The number of carbonyl (C=O) groups excluding carboxylic acids is 1. The maximum atomic E-state index is 12.6. The summed E-state index contributed by atoms with van der Waals surface area (Å²) < 4.78 is 2.34. The minimum absolute atomic E-state index is 0.229. The second-order valence-corrected chi connectivity index (χ2v) is 6.75. The van der Waals surface area contributed by atoms with Crippen molar-refractivity contribution in [2.45, 2.75) is 13.8 Å². The van der Waals surface area contributed by atoms with Crippen LogP contribution >= 0.6 is 15.9 Å². The first-order valence-electron chi connectivity index (χ1n) is 7.93. The Hall–Kier alpha value is -2.93. The number of amides is 1. The summed E-state index contributed by atoms with van der Waals surface area (Å²) in [5.74, 6) is -0.346. The van der Waals surface area contributed by atoms with E-state index in [0.717, 1.165) is 15.7 Å². The van der Waals surface area contributed by atoms with Gasteiger partial charge in [0.2, 0.25) is 0 Å². The number of aryl methyl sites for hydroxylation is 2. The Kier molecular flexibility index (Phi) is 5.18. The molecular weight excluding hydrogens is 396 g/mol. The lowest BCUT2D eigenvalue weighted by Gasteiger charge is -2.01. The van der Waals surface area contributed by atoms with Crippen LogP contribution in [0.15, 0.2) is 62.9 Å². The molecule has 132 valence electrons. The molecule has 26 heavy (non-hydrogen) atoms. The van der Waals surface area contributed by atoms with E-state index in [1.54, 1.807) is 31.2 Å². The fraction of sp³-hybridized carbons (Fsp3) is 0.105. The summed E-state index contributed by atoms with van der Waals surface area (Å²) in [6, 6.07) is 14.5. The molecule has 0 aliphatic rings. The molecule has 1 aromatic heterocycles. The molecule has 1 heterocycles. The molecule has 0 spiro atoms. The number of rotatable bonds is 4. The highest BCUT2D eigenvalue weighted by molar-refractivity contribution is 9.10. The molecule has 0 fully saturated rings. The van der Waals surface area contributed by atoms with Crippen molar-refractivity contribution in [3.63, 3.8) is 0 Å².